The number of thiazole rings is 1. The lowest BCUT2D eigenvalue weighted by molar-refractivity contribution is -0.384. The van der Waals surface area contributed by atoms with Crippen molar-refractivity contribution in [1.29, 1.82) is 0 Å². The third-order valence-corrected chi connectivity index (χ3v) is 4.54. The van der Waals surface area contributed by atoms with Crippen molar-refractivity contribution in [2.24, 2.45) is 0 Å². The number of rotatable bonds is 7. The Balaban J connectivity index is 1.80. The Kier molecular flexibility index (Phi) is 5.40. The fourth-order valence-corrected chi connectivity index (χ4v) is 3.22. The first-order valence-electron chi connectivity index (χ1n) is 7.76. The number of nitrogens with zero attached hydrogens (tertiary/aromatic N) is 2. The molecule has 0 unspecified atom stereocenters. The second kappa shape index (κ2) is 7.89. The minimum Gasteiger partial charge on any atom is -0.383 e. The van der Waals surface area contributed by atoms with E-state index in [0.29, 0.717) is 24.0 Å². The van der Waals surface area contributed by atoms with Crippen molar-refractivity contribution in [3.8, 4) is 0 Å². The van der Waals surface area contributed by atoms with Gasteiger partial charge in [-0.15, -0.1) is 0 Å². The number of carbonyl (C=O) groups excluding carboxylic acids is 1. The molecule has 0 fully saturated rings. The molecular weight excluding hydrogens is 356 g/mol. The van der Waals surface area contributed by atoms with Gasteiger partial charge in [0.05, 0.1) is 21.7 Å². The van der Waals surface area contributed by atoms with Crippen LogP contribution >= 0.6 is 11.3 Å². The van der Waals surface area contributed by atoms with Gasteiger partial charge in [0.25, 0.3) is 11.6 Å². The number of fused-ring (bicyclic) bond motifs is 1. The molecule has 9 heteroatoms. The first kappa shape index (κ1) is 17.8. The number of hydrogen-bond donors (Lipinski definition) is 2. The summed E-state index contributed by atoms with van der Waals surface area (Å²) in [5, 5.41) is 17.4. The maximum atomic E-state index is 12.4. The van der Waals surface area contributed by atoms with E-state index in [1.54, 1.807) is 7.11 Å². The normalized spacial score (nSPS) is 10.7. The summed E-state index contributed by atoms with van der Waals surface area (Å²) >= 11 is 1.34. The van der Waals surface area contributed by atoms with E-state index in [0.717, 1.165) is 10.2 Å². The molecule has 2 N–H and O–H groups in total. The van der Waals surface area contributed by atoms with Gasteiger partial charge in [-0.25, -0.2) is 4.98 Å². The molecule has 0 radical (unpaired) electrons. The summed E-state index contributed by atoms with van der Waals surface area (Å²) in [6, 6.07) is 11.8. The van der Waals surface area contributed by atoms with Crippen LogP contribution in [-0.2, 0) is 4.74 Å². The molecule has 0 saturated carbocycles. The molecule has 2 aromatic carbocycles. The van der Waals surface area contributed by atoms with Gasteiger partial charge in [0.15, 0.2) is 5.13 Å². The van der Waals surface area contributed by atoms with Gasteiger partial charge >= 0.3 is 0 Å². The van der Waals surface area contributed by atoms with Gasteiger partial charge in [-0.1, -0.05) is 23.5 Å². The molecule has 1 aromatic heterocycles. The molecule has 0 bridgehead atoms. The van der Waals surface area contributed by atoms with E-state index in [1.165, 1.54) is 29.5 Å². The number of amides is 1. The first-order chi connectivity index (χ1) is 12.6. The van der Waals surface area contributed by atoms with E-state index in [9.17, 15) is 14.9 Å². The summed E-state index contributed by atoms with van der Waals surface area (Å²) < 4.78 is 5.87. The molecular formula is C17H16N4O4S. The predicted octanol–water partition coefficient (Wildman–Crippen LogP) is 3.52. The summed E-state index contributed by atoms with van der Waals surface area (Å²) in [4.78, 5) is 27.5. The molecule has 26 heavy (non-hydrogen) atoms. The molecule has 0 spiro atoms. The summed E-state index contributed by atoms with van der Waals surface area (Å²) in [6.45, 7) is 0.839. The van der Waals surface area contributed by atoms with Crippen LogP contribution in [-0.4, -0.2) is 36.1 Å². The Morgan fingerprint density at radius 2 is 2.12 bits per heavy atom. The van der Waals surface area contributed by atoms with E-state index in [4.69, 9.17) is 4.74 Å². The molecule has 3 aromatic rings. The molecule has 0 atom stereocenters. The van der Waals surface area contributed by atoms with Gasteiger partial charge in [-0.05, 0) is 24.3 Å². The zero-order valence-corrected chi connectivity index (χ0v) is 14.7. The summed E-state index contributed by atoms with van der Waals surface area (Å²) in [7, 11) is 1.55. The highest BCUT2D eigenvalue weighted by atomic mass is 32.1. The molecule has 0 saturated heterocycles. The van der Waals surface area contributed by atoms with Gasteiger partial charge in [0.2, 0.25) is 0 Å². The first-order valence-corrected chi connectivity index (χ1v) is 8.58. The molecule has 0 aliphatic heterocycles. The lowest BCUT2D eigenvalue weighted by Crippen LogP contribution is -2.13. The summed E-state index contributed by atoms with van der Waals surface area (Å²) in [5.41, 5.74) is 1.14. The number of nitro groups is 1. The second-order valence-corrected chi connectivity index (χ2v) is 6.38. The van der Waals surface area contributed by atoms with Crippen LogP contribution in [0.3, 0.4) is 0 Å². The van der Waals surface area contributed by atoms with Crippen LogP contribution in [0.5, 0.6) is 0 Å². The second-order valence-electron chi connectivity index (χ2n) is 5.35. The van der Waals surface area contributed by atoms with Crippen LogP contribution < -0.4 is 10.6 Å². The van der Waals surface area contributed by atoms with E-state index in [1.807, 2.05) is 24.3 Å². The number of benzene rings is 2. The predicted molar refractivity (Wildman–Crippen MR) is 101 cm³/mol. The molecule has 1 heterocycles. The third-order valence-electron chi connectivity index (χ3n) is 3.59. The van der Waals surface area contributed by atoms with E-state index < -0.39 is 10.8 Å². The van der Waals surface area contributed by atoms with Gasteiger partial charge in [0, 0.05) is 25.3 Å². The van der Waals surface area contributed by atoms with Crippen molar-refractivity contribution in [2.45, 2.75) is 0 Å². The minimum absolute atomic E-state index is 0.168. The van der Waals surface area contributed by atoms with Crippen molar-refractivity contribution in [1.82, 2.24) is 4.98 Å². The highest BCUT2D eigenvalue weighted by molar-refractivity contribution is 7.22. The van der Waals surface area contributed by atoms with Gasteiger partial charge in [-0.2, -0.15) is 0 Å². The van der Waals surface area contributed by atoms with Crippen LogP contribution in [0.4, 0.5) is 16.5 Å². The average molecular weight is 372 g/mol. The Hall–Kier alpha value is -3.04. The number of carbonyl (C=O) groups is 1. The highest BCUT2D eigenvalue weighted by Crippen LogP contribution is 2.28. The number of nitrogens with one attached hydrogen (secondary N) is 2. The van der Waals surface area contributed by atoms with E-state index in [2.05, 4.69) is 15.6 Å². The molecule has 1 amide bonds. The zero-order valence-electron chi connectivity index (χ0n) is 13.9. The Bertz CT molecular complexity index is 924. The Labute approximate surface area is 153 Å². The molecule has 3 rings (SSSR count). The van der Waals surface area contributed by atoms with E-state index >= 15 is 0 Å². The van der Waals surface area contributed by atoms with Crippen molar-refractivity contribution < 1.29 is 14.5 Å². The summed E-state index contributed by atoms with van der Waals surface area (Å²) in [5.74, 6) is -0.449. The number of anilines is 2. The summed E-state index contributed by atoms with van der Waals surface area (Å²) in [6.07, 6.45) is 0. The van der Waals surface area contributed by atoms with Crippen LogP contribution in [0.25, 0.3) is 10.2 Å². The fraction of sp³-hybridized carbons (Fsp3) is 0.176. The van der Waals surface area contributed by atoms with E-state index in [-0.39, 0.29) is 11.3 Å². The van der Waals surface area contributed by atoms with Crippen LogP contribution in [0, 0.1) is 10.1 Å². The Morgan fingerprint density at radius 1 is 1.31 bits per heavy atom. The smallest absolute Gasteiger partial charge is 0.293 e. The SMILES string of the molecule is COCCNc1ccc(C(=O)Nc2nc3ccccc3s2)cc1[N+](=O)[O-]. The third kappa shape index (κ3) is 3.95. The van der Waals surface area contributed by atoms with Gasteiger partial charge < -0.3 is 10.1 Å². The number of hydrogen-bond acceptors (Lipinski definition) is 7. The molecule has 8 nitrogen and oxygen atoms in total. The van der Waals surface area contributed by atoms with Gasteiger partial charge in [-0.3, -0.25) is 20.2 Å². The maximum Gasteiger partial charge on any atom is 0.293 e. The van der Waals surface area contributed by atoms with Crippen molar-refractivity contribution in [3.05, 3.63) is 58.1 Å². The quantitative estimate of drug-likeness (QED) is 0.373. The Morgan fingerprint density at radius 3 is 2.85 bits per heavy atom. The lowest BCUT2D eigenvalue weighted by atomic mass is 10.1. The van der Waals surface area contributed by atoms with Crippen LogP contribution in [0.1, 0.15) is 10.4 Å². The number of aromatic nitrogens is 1. The largest absolute Gasteiger partial charge is 0.383 e. The number of nitro benzene ring substituents is 1. The van der Waals surface area contributed by atoms with Crippen molar-refractivity contribution >= 4 is 44.0 Å². The van der Waals surface area contributed by atoms with Crippen LogP contribution in [0.15, 0.2) is 42.5 Å². The van der Waals surface area contributed by atoms with Crippen LogP contribution in [0.2, 0.25) is 0 Å². The highest BCUT2D eigenvalue weighted by Gasteiger charge is 2.18. The topological polar surface area (TPSA) is 106 Å². The molecule has 0 aliphatic rings. The molecule has 0 aliphatic carbocycles. The van der Waals surface area contributed by atoms with Crippen molar-refractivity contribution in [3.63, 3.8) is 0 Å². The average Bonchev–Trinajstić information content (AvgIpc) is 3.04. The fourth-order valence-electron chi connectivity index (χ4n) is 2.36. The monoisotopic (exact) mass is 372 g/mol. The van der Waals surface area contributed by atoms with Gasteiger partial charge in [0.1, 0.15) is 5.69 Å². The number of methoxy groups -OCH3 is 1. The molecule has 134 valence electrons. The van der Waals surface area contributed by atoms with Crippen molar-refractivity contribution in [2.75, 3.05) is 30.9 Å². The number of ether oxygens (including phenoxy) is 1. The zero-order chi connectivity index (χ0) is 18.5. The minimum atomic E-state index is -0.524. The standard InChI is InChI=1S/C17H16N4O4S/c1-25-9-8-18-12-7-6-11(10-14(12)21(23)24)16(22)20-17-19-13-4-2-3-5-15(13)26-17/h2-7,10,18H,8-9H2,1H3,(H,19,20,22). The maximum absolute atomic E-state index is 12.4. The lowest BCUT2D eigenvalue weighted by Gasteiger charge is -2.08. The number of para-hydroxylation sites is 1.